The Labute approximate surface area is 114 Å². The summed E-state index contributed by atoms with van der Waals surface area (Å²) in [6.07, 6.45) is 2.34. The van der Waals surface area contributed by atoms with Crippen LogP contribution < -0.4 is 4.74 Å². The summed E-state index contributed by atoms with van der Waals surface area (Å²) in [5, 5.41) is 9.06. The molecule has 0 aliphatic heterocycles. The van der Waals surface area contributed by atoms with E-state index in [1.165, 1.54) is 0 Å². The van der Waals surface area contributed by atoms with Crippen LogP contribution >= 0.6 is 15.9 Å². The van der Waals surface area contributed by atoms with Crippen molar-refractivity contribution in [2.24, 2.45) is 10.8 Å². The highest BCUT2D eigenvalue weighted by molar-refractivity contribution is 9.10. The van der Waals surface area contributed by atoms with E-state index in [2.05, 4.69) is 15.9 Å². The molecular weight excluding hydrogens is 296 g/mol. The molecule has 1 aromatic rings. The Hall–Kier alpha value is -1.03. The van der Waals surface area contributed by atoms with Crippen molar-refractivity contribution in [1.82, 2.24) is 0 Å². The Morgan fingerprint density at radius 2 is 2.11 bits per heavy atom. The van der Waals surface area contributed by atoms with Crippen LogP contribution in [0.3, 0.4) is 0 Å². The molecular formula is C14H15BrO3. The lowest BCUT2D eigenvalue weighted by Gasteiger charge is -2.67. The standard InChI is InChI=1S/C14H15BrO3/c1-9-2-3-10(15)4-11(9)18-8-13-5-14(6-13,7-13)12(16)17/h2-4H,5-8H2,1H3,(H,16,17). The van der Waals surface area contributed by atoms with Crippen LogP contribution in [-0.2, 0) is 4.79 Å². The second kappa shape index (κ2) is 3.73. The first kappa shape index (κ1) is 12.0. The molecule has 4 rings (SSSR count). The molecule has 0 heterocycles. The molecule has 4 heteroatoms. The van der Waals surface area contributed by atoms with E-state index in [1.807, 2.05) is 25.1 Å². The van der Waals surface area contributed by atoms with Crippen LogP contribution in [0.15, 0.2) is 22.7 Å². The molecule has 0 atom stereocenters. The van der Waals surface area contributed by atoms with E-state index in [0.29, 0.717) is 6.61 Å². The van der Waals surface area contributed by atoms with Crippen LogP contribution in [0.2, 0.25) is 0 Å². The summed E-state index contributed by atoms with van der Waals surface area (Å²) in [6, 6.07) is 5.97. The molecule has 3 aliphatic carbocycles. The number of carbonyl (C=O) groups is 1. The van der Waals surface area contributed by atoms with Gasteiger partial charge in [-0.25, -0.2) is 0 Å². The van der Waals surface area contributed by atoms with E-state index in [0.717, 1.165) is 35.0 Å². The van der Waals surface area contributed by atoms with Crippen molar-refractivity contribution in [2.45, 2.75) is 26.2 Å². The van der Waals surface area contributed by atoms with Gasteiger partial charge in [-0.3, -0.25) is 4.79 Å². The molecule has 0 aromatic heterocycles. The highest BCUT2D eigenvalue weighted by Crippen LogP contribution is 2.73. The maximum absolute atomic E-state index is 11.0. The third-order valence-electron chi connectivity index (χ3n) is 4.28. The molecule has 0 saturated heterocycles. The Kier molecular flexibility index (Phi) is 2.49. The van der Waals surface area contributed by atoms with E-state index < -0.39 is 11.4 Å². The van der Waals surface area contributed by atoms with Gasteiger partial charge in [-0.1, -0.05) is 22.0 Å². The van der Waals surface area contributed by atoms with Gasteiger partial charge in [0.2, 0.25) is 0 Å². The van der Waals surface area contributed by atoms with Crippen molar-refractivity contribution >= 4 is 21.9 Å². The zero-order valence-corrected chi connectivity index (χ0v) is 11.8. The Morgan fingerprint density at radius 1 is 1.44 bits per heavy atom. The second-order valence-corrected chi connectivity index (χ2v) is 6.73. The Balaban J connectivity index is 1.61. The number of hydrogen-bond acceptors (Lipinski definition) is 2. The number of halogens is 1. The lowest BCUT2D eigenvalue weighted by molar-refractivity contribution is -0.231. The molecule has 2 bridgehead atoms. The number of carboxylic acid groups (broad SMARTS) is 1. The minimum absolute atomic E-state index is 0.132. The third kappa shape index (κ3) is 1.66. The van der Waals surface area contributed by atoms with Crippen molar-refractivity contribution < 1.29 is 14.6 Å². The van der Waals surface area contributed by atoms with Crippen molar-refractivity contribution in [2.75, 3.05) is 6.61 Å². The molecule has 0 radical (unpaired) electrons. The Morgan fingerprint density at radius 3 is 2.72 bits per heavy atom. The van der Waals surface area contributed by atoms with Gasteiger partial charge in [0.15, 0.2) is 0 Å². The maximum Gasteiger partial charge on any atom is 0.309 e. The minimum atomic E-state index is -0.636. The van der Waals surface area contributed by atoms with Crippen LogP contribution in [0.4, 0.5) is 0 Å². The number of benzene rings is 1. The topological polar surface area (TPSA) is 46.5 Å². The first-order valence-electron chi connectivity index (χ1n) is 6.07. The van der Waals surface area contributed by atoms with Crippen molar-refractivity contribution in [1.29, 1.82) is 0 Å². The van der Waals surface area contributed by atoms with Crippen LogP contribution in [0.1, 0.15) is 24.8 Å². The molecule has 96 valence electrons. The molecule has 18 heavy (non-hydrogen) atoms. The average Bonchev–Trinajstić information content (AvgIpc) is 2.18. The zero-order chi connectivity index (χ0) is 13.0. The van der Waals surface area contributed by atoms with Gasteiger partial charge in [0.05, 0.1) is 12.0 Å². The lowest BCUT2D eigenvalue weighted by Crippen LogP contribution is -2.67. The largest absolute Gasteiger partial charge is 0.493 e. The van der Waals surface area contributed by atoms with E-state index in [-0.39, 0.29) is 5.41 Å². The number of aryl methyl sites for hydroxylation is 1. The predicted molar refractivity (Wildman–Crippen MR) is 70.7 cm³/mol. The fourth-order valence-corrected chi connectivity index (χ4v) is 3.68. The number of ether oxygens (including phenoxy) is 1. The molecule has 0 spiro atoms. The summed E-state index contributed by atoms with van der Waals surface area (Å²) in [4.78, 5) is 11.0. The summed E-state index contributed by atoms with van der Waals surface area (Å²) in [5.41, 5.74) is 0.834. The van der Waals surface area contributed by atoms with Gasteiger partial charge < -0.3 is 9.84 Å². The van der Waals surface area contributed by atoms with Crippen LogP contribution in [-0.4, -0.2) is 17.7 Å². The first-order chi connectivity index (χ1) is 8.45. The molecule has 3 aliphatic rings. The van der Waals surface area contributed by atoms with Gasteiger partial charge in [0, 0.05) is 9.89 Å². The highest BCUT2D eigenvalue weighted by Gasteiger charge is 2.72. The van der Waals surface area contributed by atoms with Gasteiger partial charge in [0.25, 0.3) is 0 Å². The van der Waals surface area contributed by atoms with Gasteiger partial charge in [-0.2, -0.15) is 0 Å². The van der Waals surface area contributed by atoms with Gasteiger partial charge in [-0.15, -0.1) is 0 Å². The summed E-state index contributed by atoms with van der Waals surface area (Å²) < 4.78 is 6.87. The summed E-state index contributed by atoms with van der Waals surface area (Å²) in [5.74, 6) is 0.251. The zero-order valence-electron chi connectivity index (χ0n) is 10.2. The van der Waals surface area contributed by atoms with Crippen LogP contribution in [0.5, 0.6) is 5.75 Å². The van der Waals surface area contributed by atoms with Crippen molar-refractivity contribution in [3.8, 4) is 5.75 Å². The van der Waals surface area contributed by atoms with Crippen LogP contribution in [0.25, 0.3) is 0 Å². The number of rotatable bonds is 4. The minimum Gasteiger partial charge on any atom is -0.493 e. The highest BCUT2D eigenvalue weighted by atomic mass is 79.9. The summed E-state index contributed by atoms with van der Waals surface area (Å²) in [6.45, 7) is 2.65. The summed E-state index contributed by atoms with van der Waals surface area (Å²) >= 11 is 3.43. The van der Waals surface area contributed by atoms with Gasteiger partial charge >= 0.3 is 5.97 Å². The van der Waals surface area contributed by atoms with E-state index in [1.54, 1.807) is 0 Å². The number of carboxylic acids is 1. The Bertz CT molecular complexity index is 504. The average molecular weight is 311 g/mol. The fourth-order valence-electron chi connectivity index (χ4n) is 3.34. The van der Waals surface area contributed by atoms with E-state index >= 15 is 0 Å². The molecule has 3 nitrogen and oxygen atoms in total. The number of hydrogen-bond donors (Lipinski definition) is 1. The SMILES string of the molecule is Cc1ccc(Br)cc1OCC12CC(C(=O)O)(C1)C2. The molecule has 1 aromatic carbocycles. The normalized spacial score (nSPS) is 32.3. The molecule has 3 fully saturated rings. The molecule has 0 amide bonds. The monoisotopic (exact) mass is 310 g/mol. The lowest BCUT2D eigenvalue weighted by atomic mass is 9.35. The van der Waals surface area contributed by atoms with Crippen molar-refractivity contribution in [3.05, 3.63) is 28.2 Å². The fraction of sp³-hybridized carbons (Fsp3) is 0.500. The predicted octanol–water partition coefficient (Wildman–Crippen LogP) is 3.39. The third-order valence-corrected chi connectivity index (χ3v) is 4.77. The number of aliphatic carboxylic acids is 1. The quantitative estimate of drug-likeness (QED) is 0.927. The molecule has 3 saturated carbocycles. The first-order valence-corrected chi connectivity index (χ1v) is 6.87. The van der Waals surface area contributed by atoms with Crippen molar-refractivity contribution in [3.63, 3.8) is 0 Å². The summed E-state index contributed by atoms with van der Waals surface area (Å²) in [7, 11) is 0. The van der Waals surface area contributed by atoms with E-state index in [4.69, 9.17) is 9.84 Å². The maximum atomic E-state index is 11.0. The molecule has 1 N–H and O–H groups in total. The molecule has 0 unspecified atom stereocenters. The smallest absolute Gasteiger partial charge is 0.309 e. The second-order valence-electron chi connectivity index (χ2n) is 5.81. The van der Waals surface area contributed by atoms with Gasteiger partial charge in [0.1, 0.15) is 5.75 Å². The van der Waals surface area contributed by atoms with Gasteiger partial charge in [-0.05, 0) is 43.9 Å². The van der Waals surface area contributed by atoms with Crippen LogP contribution in [0, 0.1) is 17.8 Å². The van der Waals surface area contributed by atoms with E-state index in [9.17, 15) is 4.79 Å².